The number of aromatic nitrogens is 2. The minimum Gasteiger partial charge on any atom is -0.393 e. The van der Waals surface area contributed by atoms with E-state index in [-0.39, 0.29) is 17.8 Å². The maximum Gasteiger partial charge on any atom is 0.304 e. The summed E-state index contributed by atoms with van der Waals surface area (Å²) in [4.78, 5) is 26.2. The monoisotopic (exact) mass is 291 g/mol. The molecule has 2 aromatic rings. The zero-order valence-corrected chi connectivity index (χ0v) is 11.2. The average molecular weight is 291 g/mol. The fraction of sp³-hybridized carbons (Fsp3) is 0.250. The number of nitro benzene ring substituents is 1. The number of hydrogen-bond acceptors (Lipinski definition) is 7. The van der Waals surface area contributed by atoms with Crippen molar-refractivity contribution in [2.24, 2.45) is 0 Å². The van der Waals surface area contributed by atoms with Gasteiger partial charge in [0.15, 0.2) is 5.82 Å². The highest BCUT2D eigenvalue weighted by molar-refractivity contribution is 6.00. The lowest BCUT2D eigenvalue weighted by Crippen LogP contribution is -2.26. The summed E-state index contributed by atoms with van der Waals surface area (Å²) in [6, 6.07) is 4.21. The number of anilines is 1. The molecular weight excluding hydrogens is 278 g/mol. The fourth-order valence-electron chi connectivity index (χ4n) is 1.77. The van der Waals surface area contributed by atoms with Crippen LogP contribution in [0.25, 0.3) is 0 Å². The third-order valence-electron chi connectivity index (χ3n) is 2.70. The number of nitro groups is 1. The number of hydrogen-bond donors (Lipinski definition) is 2. The van der Waals surface area contributed by atoms with Gasteiger partial charge in [-0.3, -0.25) is 14.9 Å². The molecular formula is C12H13N5O4. The minimum atomic E-state index is -0.674. The topological polar surface area (TPSA) is 137 Å². The Morgan fingerprint density at radius 1 is 1.52 bits per heavy atom. The van der Waals surface area contributed by atoms with Crippen molar-refractivity contribution in [1.82, 2.24) is 15.5 Å². The Bertz CT molecular complexity index is 682. The SMILES string of the molecule is Cc1nc(CCNC(=O)c2cccc(N)c2[N+](=O)[O-])no1. The van der Waals surface area contributed by atoms with E-state index in [1.807, 2.05) is 0 Å². The molecule has 110 valence electrons. The number of nitrogens with two attached hydrogens (primary N) is 1. The van der Waals surface area contributed by atoms with Crippen LogP contribution in [0.4, 0.5) is 11.4 Å². The van der Waals surface area contributed by atoms with Gasteiger partial charge >= 0.3 is 5.69 Å². The summed E-state index contributed by atoms with van der Waals surface area (Å²) >= 11 is 0. The summed E-state index contributed by atoms with van der Waals surface area (Å²) in [6.07, 6.45) is 0.360. The van der Waals surface area contributed by atoms with Gasteiger partial charge in [-0.2, -0.15) is 4.98 Å². The molecule has 0 aliphatic carbocycles. The highest BCUT2D eigenvalue weighted by Crippen LogP contribution is 2.25. The van der Waals surface area contributed by atoms with Crippen LogP contribution in [0.15, 0.2) is 22.7 Å². The summed E-state index contributed by atoms with van der Waals surface area (Å²) in [5, 5.41) is 17.2. The van der Waals surface area contributed by atoms with Crippen molar-refractivity contribution in [2.45, 2.75) is 13.3 Å². The Kier molecular flexibility index (Phi) is 4.12. The molecule has 0 atom stereocenters. The molecule has 0 saturated carbocycles. The lowest BCUT2D eigenvalue weighted by atomic mass is 10.1. The third-order valence-corrected chi connectivity index (χ3v) is 2.70. The van der Waals surface area contributed by atoms with Crippen molar-refractivity contribution >= 4 is 17.3 Å². The molecule has 1 amide bonds. The number of rotatable bonds is 5. The number of nitrogens with zero attached hydrogens (tertiary/aromatic N) is 3. The van der Waals surface area contributed by atoms with Crippen molar-refractivity contribution in [3.8, 4) is 0 Å². The second-order valence-electron chi connectivity index (χ2n) is 4.24. The summed E-state index contributed by atoms with van der Waals surface area (Å²) in [7, 11) is 0. The van der Waals surface area contributed by atoms with Gasteiger partial charge in [0.2, 0.25) is 5.89 Å². The molecule has 9 nitrogen and oxygen atoms in total. The molecule has 2 rings (SSSR count). The van der Waals surface area contributed by atoms with E-state index in [0.717, 1.165) is 0 Å². The Morgan fingerprint density at radius 3 is 2.90 bits per heavy atom. The van der Waals surface area contributed by atoms with Crippen LogP contribution in [0.5, 0.6) is 0 Å². The van der Waals surface area contributed by atoms with Gasteiger partial charge in [0.1, 0.15) is 11.3 Å². The summed E-state index contributed by atoms with van der Waals surface area (Å²) in [5.74, 6) is 0.312. The predicted molar refractivity (Wildman–Crippen MR) is 72.6 cm³/mol. The molecule has 0 aliphatic rings. The second-order valence-corrected chi connectivity index (χ2v) is 4.24. The normalized spacial score (nSPS) is 10.3. The second kappa shape index (κ2) is 5.99. The average Bonchev–Trinajstić information content (AvgIpc) is 2.83. The Balaban J connectivity index is 2.04. The lowest BCUT2D eigenvalue weighted by molar-refractivity contribution is -0.384. The quantitative estimate of drug-likeness (QED) is 0.473. The molecule has 0 saturated heterocycles. The van der Waals surface area contributed by atoms with Crippen LogP contribution in [0.2, 0.25) is 0 Å². The van der Waals surface area contributed by atoms with E-state index in [1.54, 1.807) is 6.92 Å². The predicted octanol–water partition coefficient (Wildman–Crippen LogP) is 0.841. The maximum atomic E-state index is 12.0. The molecule has 0 aliphatic heterocycles. The number of carbonyl (C=O) groups is 1. The Labute approximate surface area is 119 Å². The van der Waals surface area contributed by atoms with Crippen LogP contribution >= 0.6 is 0 Å². The van der Waals surface area contributed by atoms with Crippen LogP contribution in [0, 0.1) is 17.0 Å². The van der Waals surface area contributed by atoms with Gasteiger partial charge in [0.25, 0.3) is 5.91 Å². The molecule has 3 N–H and O–H groups in total. The first-order chi connectivity index (χ1) is 9.99. The zero-order chi connectivity index (χ0) is 15.4. The molecule has 0 bridgehead atoms. The smallest absolute Gasteiger partial charge is 0.304 e. The molecule has 1 heterocycles. The number of aryl methyl sites for hydroxylation is 1. The van der Waals surface area contributed by atoms with E-state index in [9.17, 15) is 14.9 Å². The van der Waals surface area contributed by atoms with Gasteiger partial charge in [0, 0.05) is 19.9 Å². The summed E-state index contributed by atoms with van der Waals surface area (Å²) < 4.78 is 4.79. The van der Waals surface area contributed by atoms with Gasteiger partial charge in [-0.25, -0.2) is 0 Å². The first-order valence-electron chi connectivity index (χ1n) is 6.09. The van der Waals surface area contributed by atoms with E-state index in [1.165, 1.54) is 18.2 Å². The van der Waals surface area contributed by atoms with E-state index in [2.05, 4.69) is 15.5 Å². The van der Waals surface area contributed by atoms with E-state index < -0.39 is 16.5 Å². The van der Waals surface area contributed by atoms with Crippen LogP contribution in [-0.4, -0.2) is 27.5 Å². The van der Waals surface area contributed by atoms with Crippen LogP contribution < -0.4 is 11.1 Å². The van der Waals surface area contributed by atoms with Gasteiger partial charge in [-0.1, -0.05) is 11.2 Å². The number of carbonyl (C=O) groups excluding carboxylic acids is 1. The minimum absolute atomic E-state index is 0.0542. The number of nitrogen functional groups attached to an aromatic ring is 1. The molecule has 1 aromatic heterocycles. The van der Waals surface area contributed by atoms with E-state index in [4.69, 9.17) is 10.3 Å². The first-order valence-corrected chi connectivity index (χ1v) is 6.09. The highest BCUT2D eigenvalue weighted by atomic mass is 16.6. The molecule has 0 fully saturated rings. The van der Waals surface area contributed by atoms with Gasteiger partial charge in [-0.05, 0) is 12.1 Å². The number of nitrogens with one attached hydrogen (secondary N) is 1. The largest absolute Gasteiger partial charge is 0.393 e. The Hall–Kier alpha value is -2.97. The molecule has 21 heavy (non-hydrogen) atoms. The van der Waals surface area contributed by atoms with Crippen LogP contribution in [0.1, 0.15) is 22.1 Å². The van der Waals surface area contributed by atoms with E-state index in [0.29, 0.717) is 18.1 Å². The van der Waals surface area contributed by atoms with Crippen molar-refractivity contribution in [3.05, 3.63) is 45.6 Å². The summed E-state index contributed by atoms with van der Waals surface area (Å²) in [6.45, 7) is 1.88. The van der Waals surface area contributed by atoms with Gasteiger partial charge < -0.3 is 15.6 Å². The standard InChI is InChI=1S/C12H13N5O4/c1-7-15-10(16-21-7)5-6-14-12(18)8-3-2-4-9(13)11(8)17(19)20/h2-4H,5-6,13H2,1H3,(H,14,18). The number of para-hydroxylation sites is 1. The molecule has 0 unspecified atom stereocenters. The van der Waals surface area contributed by atoms with Crippen molar-refractivity contribution in [1.29, 1.82) is 0 Å². The Morgan fingerprint density at radius 2 is 2.29 bits per heavy atom. The molecule has 0 spiro atoms. The van der Waals surface area contributed by atoms with Crippen LogP contribution in [0.3, 0.4) is 0 Å². The zero-order valence-electron chi connectivity index (χ0n) is 11.2. The highest BCUT2D eigenvalue weighted by Gasteiger charge is 2.22. The van der Waals surface area contributed by atoms with Crippen LogP contribution in [-0.2, 0) is 6.42 Å². The maximum absolute atomic E-state index is 12.0. The third kappa shape index (κ3) is 3.32. The molecule has 0 radical (unpaired) electrons. The van der Waals surface area contributed by atoms with Gasteiger partial charge in [0.05, 0.1) is 4.92 Å². The number of amides is 1. The van der Waals surface area contributed by atoms with E-state index >= 15 is 0 Å². The fourth-order valence-corrected chi connectivity index (χ4v) is 1.77. The molecule has 9 heteroatoms. The van der Waals surface area contributed by atoms with Gasteiger partial charge in [-0.15, -0.1) is 0 Å². The lowest BCUT2D eigenvalue weighted by Gasteiger charge is -2.05. The van der Waals surface area contributed by atoms with Crippen molar-refractivity contribution in [2.75, 3.05) is 12.3 Å². The molecule has 1 aromatic carbocycles. The summed E-state index contributed by atoms with van der Waals surface area (Å²) in [5.41, 5.74) is 5.00. The first kappa shape index (κ1) is 14.4. The van der Waals surface area contributed by atoms with Crippen molar-refractivity contribution in [3.63, 3.8) is 0 Å². The van der Waals surface area contributed by atoms with Crippen molar-refractivity contribution < 1.29 is 14.2 Å². The number of benzene rings is 1.